The van der Waals surface area contributed by atoms with E-state index in [2.05, 4.69) is 26.0 Å². The Morgan fingerprint density at radius 2 is 1.79 bits per heavy atom. The van der Waals surface area contributed by atoms with E-state index in [-0.39, 0.29) is 28.6 Å². The summed E-state index contributed by atoms with van der Waals surface area (Å²) in [6, 6.07) is 10.0. The zero-order chi connectivity index (χ0) is 17.7. The molecule has 2 N–H and O–H groups in total. The fourth-order valence-corrected chi connectivity index (χ4v) is 3.41. The smallest absolute Gasteiger partial charge is 0.255 e. The van der Waals surface area contributed by atoms with Crippen LogP contribution in [0.3, 0.4) is 0 Å². The summed E-state index contributed by atoms with van der Waals surface area (Å²) in [5, 5.41) is 2.40. The number of nitrogens with one attached hydrogen (secondary N) is 2. The van der Waals surface area contributed by atoms with E-state index in [9.17, 15) is 17.6 Å². The third-order valence-corrected chi connectivity index (χ3v) is 5.34. The fraction of sp³-hybridized carbons (Fsp3) is 0.133. The number of carbonyl (C=O) groups excluding carboxylic acids is 1. The largest absolute Gasteiger partial charge is 0.351 e. The predicted molar refractivity (Wildman–Crippen MR) is 93.1 cm³/mol. The van der Waals surface area contributed by atoms with Crippen LogP contribution in [0.25, 0.3) is 0 Å². The molecule has 9 heteroatoms. The molecule has 0 saturated carbocycles. The van der Waals surface area contributed by atoms with Crippen molar-refractivity contribution in [3.8, 4) is 0 Å². The van der Waals surface area contributed by atoms with E-state index in [1.807, 2.05) is 0 Å². The third-order valence-electron chi connectivity index (χ3n) is 3.02. The van der Waals surface area contributed by atoms with Crippen LogP contribution in [0.4, 0.5) is 4.39 Å². The molecule has 0 spiro atoms. The first-order valence-corrected chi connectivity index (χ1v) is 9.44. The van der Waals surface area contributed by atoms with Crippen LogP contribution >= 0.6 is 27.5 Å². The first-order valence-electron chi connectivity index (χ1n) is 6.79. The number of amides is 1. The van der Waals surface area contributed by atoms with Crippen LogP contribution in [0, 0.1) is 5.82 Å². The minimum absolute atomic E-state index is 0.0112. The van der Waals surface area contributed by atoms with E-state index in [0.717, 1.165) is 10.5 Å². The molecule has 0 unspecified atom stereocenters. The minimum atomic E-state index is -3.68. The molecule has 2 rings (SSSR count). The van der Waals surface area contributed by atoms with Gasteiger partial charge < -0.3 is 5.32 Å². The summed E-state index contributed by atoms with van der Waals surface area (Å²) in [5.74, 6) is -1.45. The summed E-state index contributed by atoms with van der Waals surface area (Å²) in [6.45, 7) is -0.0601. The summed E-state index contributed by atoms with van der Waals surface area (Å²) in [5.41, 5.74) is -0.269. The Kier molecular flexibility index (Phi) is 6.34. The van der Waals surface area contributed by atoms with Gasteiger partial charge in [-0.1, -0.05) is 33.6 Å². The third kappa shape index (κ3) is 4.76. The van der Waals surface area contributed by atoms with Crippen LogP contribution in [0.2, 0.25) is 5.02 Å². The van der Waals surface area contributed by atoms with Crippen molar-refractivity contribution < 1.29 is 17.6 Å². The highest BCUT2D eigenvalue weighted by atomic mass is 79.9. The lowest BCUT2D eigenvalue weighted by molar-refractivity contribution is 0.0950. The number of hydrogen-bond donors (Lipinski definition) is 2. The van der Waals surface area contributed by atoms with Gasteiger partial charge in [0.2, 0.25) is 10.0 Å². The van der Waals surface area contributed by atoms with Gasteiger partial charge in [0.1, 0.15) is 5.82 Å². The highest BCUT2D eigenvalue weighted by Gasteiger charge is 2.16. The number of hydrogen-bond acceptors (Lipinski definition) is 3. The molecule has 0 aliphatic rings. The van der Waals surface area contributed by atoms with Crippen LogP contribution in [0.1, 0.15) is 10.4 Å². The molecule has 128 valence electrons. The van der Waals surface area contributed by atoms with Crippen molar-refractivity contribution in [2.45, 2.75) is 4.90 Å². The lowest BCUT2D eigenvalue weighted by atomic mass is 10.2. The van der Waals surface area contributed by atoms with E-state index < -0.39 is 21.7 Å². The maximum Gasteiger partial charge on any atom is 0.255 e. The standard InChI is InChI=1S/C15H13BrClFN2O3S/c16-10-4-6-11(7-5-10)24(22,23)20-9-8-19-15(21)14-12(17)2-1-3-13(14)18/h1-7,20H,8-9H2,(H,19,21). The summed E-state index contributed by atoms with van der Waals surface area (Å²) in [4.78, 5) is 12.0. The summed E-state index contributed by atoms with van der Waals surface area (Å²) in [7, 11) is -3.68. The molecule has 0 aliphatic carbocycles. The summed E-state index contributed by atoms with van der Waals surface area (Å²) in [6.07, 6.45) is 0. The minimum Gasteiger partial charge on any atom is -0.351 e. The lowest BCUT2D eigenvalue weighted by Crippen LogP contribution is -2.35. The number of rotatable bonds is 6. The highest BCUT2D eigenvalue weighted by Crippen LogP contribution is 2.18. The summed E-state index contributed by atoms with van der Waals surface area (Å²) < 4.78 is 40.8. The molecule has 5 nitrogen and oxygen atoms in total. The topological polar surface area (TPSA) is 75.3 Å². The van der Waals surface area contributed by atoms with E-state index in [1.165, 1.54) is 24.3 Å². The zero-order valence-electron chi connectivity index (χ0n) is 12.2. The molecule has 0 fully saturated rings. The van der Waals surface area contributed by atoms with Crippen molar-refractivity contribution in [2.24, 2.45) is 0 Å². The lowest BCUT2D eigenvalue weighted by Gasteiger charge is -2.09. The number of halogens is 3. The normalized spacial score (nSPS) is 11.3. The van der Waals surface area contributed by atoms with Crippen LogP contribution in [-0.2, 0) is 10.0 Å². The molecule has 0 aromatic heterocycles. The second-order valence-corrected chi connectivity index (χ2v) is 7.79. The monoisotopic (exact) mass is 434 g/mol. The van der Waals surface area contributed by atoms with Crippen LogP contribution < -0.4 is 10.0 Å². The van der Waals surface area contributed by atoms with Crippen molar-refractivity contribution in [3.63, 3.8) is 0 Å². The molecular formula is C15H13BrClFN2O3S. The maximum atomic E-state index is 13.6. The van der Waals surface area contributed by atoms with E-state index in [0.29, 0.717) is 0 Å². The van der Waals surface area contributed by atoms with E-state index in [4.69, 9.17) is 11.6 Å². The molecule has 2 aromatic rings. The first kappa shape index (κ1) is 18.9. The molecule has 1 amide bonds. The molecule has 0 saturated heterocycles. The predicted octanol–water partition coefficient (Wildman–Crippen LogP) is 2.95. The van der Waals surface area contributed by atoms with Gasteiger partial charge in [-0.05, 0) is 36.4 Å². The molecule has 0 bridgehead atoms. The Morgan fingerprint density at radius 1 is 1.12 bits per heavy atom. The molecule has 0 aliphatic heterocycles. The molecule has 0 heterocycles. The van der Waals surface area contributed by atoms with Crippen molar-refractivity contribution in [1.29, 1.82) is 0 Å². The average Bonchev–Trinajstić information content (AvgIpc) is 2.52. The van der Waals surface area contributed by atoms with Gasteiger partial charge in [0.25, 0.3) is 5.91 Å². The SMILES string of the molecule is O=C(NCCNS(=O)(=O)c1ccc(Br)cc1)c1c(F)cccc1Cl. The van der Waals surface area contributed by atoms with Gasteiger partial charge in [-0.25, -0.2) is 17.5 Å². The molecule has 24 heavy (non-hydrogen) atoms. The quantitative estimate of drug-likeness (QED) is 0.685. The number of benzene rings is 2. The average molecular weight is 436 g/mol. The van der Waals surface area contributed by atoms with Crippen LogP contribution in [0.5, 0.6) is 0 Å². The Morgan fingerprint density at radius 3 is 2.42 bits per heavy atom. The molecule has 2 aromatic carbocycles. The maximum absolute atomic E-state index is 13.6. The van der Waals surface area contributed by atoms with Gasteiger partial charge >= 0.3 is 0 Å². The number of carbonyl (C=O) groups is 1. The molecule has 0 atom stereocenters. The van der Waals surface area contributed by atoms with Gasteiger partial charge in [-0.3, -0.25) is 4.79 Å². The Bertz CT molecular complexity index is 824. The highest BCUT2D eigenvalue weighted by molar-refractivity contribution is 9.10. The fourth-order valence-electron chi connectivity index (χ4n) is 1.86. The van der Waals surface area contributed by atoms with Gasteiger partial charge in [-0.2, -0.15) is 0 Å². The van der Waals surface area contributed by atoms with Crippen molar-refractivity contribution in [3.05, 3.63) is 63.3 Å². The van der Waals surface area contributed by atoms with Gasteiger partial charge in [-0.15, -0.1) is 0 Å². The number of sulfonamides is 1. The second kappa shape index (κ2) is 8.06. The van der Waals surface area contributed by atoms with Gasteiger partial charge in [0.15, 0.2) is 0 Å². The van der Waals surface area contributed by atoms with Gasteiger partial charge in [0, 0.05) is 17.6 Å². The Balaban J connectivity index is 1.91. The summed E-state index contributed by atoms with van der Waals surface area (Å²) >= 11 is 9.01. The van der Waals surface area contributed by atoms with E-state index >= 15 is 0 Å². The van der Waals surface area contributed by atoms with Gasteiger partial charge in [0.05, 0.1) is 15.5 Å². The van der Waals surface area contributed by atoms with Crippen molar-refractivity contribution >= 4 is 43.5 Å². The Labute approximate surface area is 152 Å². The van der Waals surface area contributed by atoms with Crippen molar-refractivity contribution in [1.82, 2.24) is 10.0 Å². The van der Waals surface area contributed by atoms with E-state index in [1.54, 1.807) is 12.1 Å². The molecular weight excluding hydrogens is 423 g/mol. The van der Waals surface area contributed by atoms with Crippen LogP contribution in [0.15, 0.2) is 51.8 Å². The first-order chi connectivity index (χ1) is 11.3. The Hall–Kier alpha value is -1.48. The van der Waals surface area contributed by atoms with Crippen LogP contribution in [-0.4, -0.2) is 27.4 Å². The zero-order valence-corrected chi connectivity index (χ0v) is 15.4. The second-order valence-electron chi connectivity index (χ2n) is 4.70. The molecule has 0 radical (unpaired) electrons. The van der Waals surface area contributed by atoms with Crippen molar-refractivity contribution in [2.75, 3.05) is 13.1 Å².